The Kier molecular flexibility index (Phi) is 9.02. The third-order valence-corrected chi connectivity index (χ3v) is 14.0. The number of anilines is 5. The molecule has 13 rings (SSSR count). The minimum absolute atomic E-state index is 0.242. The van der Waals surface area contributed by atoms with Crippen LogP contribution < -0.4 is 9.80 Å². The zero-order valence-electron chi connectivity index (χ0n) is 36.3. The molecule has 0 saturated heterocycles. The molecule has 1 aliphatic carbocycles. The average Bonchev–Trinajstić information content (AvgIpc) is 3.73. The summed E-state index contributed by atoms with van der Waals surface area (Å²) >= 11 is 0. The second-order valence-corrected chi connectivity index (χ2v) is 17.6. The Bertz CT molecular complexity index is 3680. The molecule has 0 aromatic heterocycles. The third kappa shape index (κ3) is 6.18. The fourth-order valence-corrected chi connectivity index (χ4v) is 11.0. The van der Waals surface area contributed by atoms with E-state index in [9.17, 15) is 0 Å². The van der Waals surface area contributed by atoms with Gasteiger partial charge in [0.1, 0.15) is 0 Å². The minimum atomic E-state index is 0.242. The topological polar surface area (TPSA) is 6.48 Å². The summed E-state index contributed by atoms with van der Waals surface area (Å²) in [5, 5.41) is 10.1. The smallest absolute Gasteiger partial charge is 0.0629 e. The molecule has 1 aliphatic heterocycles. The molecule has 0 saturated carbocycles. The molecule has 2 atom stereocenters. The molecule has 0 bridgehead atoms. The molecule has 1 heterocycles. The summed E-state index contributed by atoms with van der Waals surface area (Å²) in [5.74, 6) is 0.335. The lowest BCUT2D eigenvalue weighted by molar-refractivity contribution is 0.746. The van der Waals surface area contributed by atoms with Gasteiger partial charge in [-0.2, -0.15) is 0 Å². The van der Waals surface area contributed by atoms with Gasteiger partial charge in [-0.05, 0) is 125 Å². The second kappa shape index (κ2) is 15.7. The van der Waals surface area contributed by atoms with E-state index in [0.717, 1.165) is 17.1 Å². The van der Waals surface area contributed by atoms with Crippen LogP contribution in [0.3, 0.4) is 0 Å². The third-order valence-electron chi connectivity index (χ3n) is 14.0. The van der Waals surface area contributed by atoms with Crippen molar-refractivity contribution in [2.24, 2.45) is 0 Å². The molecule has 0 spiro atoms. The van der Waals surface area contributed by atoms with Crippen LogP contribution in [0.4, 0.5) is 28.4 Å². The van der Waals surface area contributed by atoms with Crippen LogP contribution >= 0.6 is 0 Å². The van der Waals surface area contributed by atoms with E-state index in [1.54, 1.807) is 0 Å². The lowest BCUT2D eigenvalue weighted by Gasteiger charge is -2.30. The van der Waals surface area contributed by atoms with Crippen LogP contribution in [0, 0.1) is 0 Å². The number of benzene rings is 11. The molecular weight excluding hydrogens is 797 g/mol. The maximum Gasteiger partial charge on any atom is 0.0629 e. The summed E-state index contributed by atoms with van der Waals surface area (Å²) in [5.41, 5.74) is 14.5. The maximum atomic E-state index is 2.55. The van der Waals surface area contributed by atoms with Gasteiger partial charge in [-0.3, -0.25) is 0 Å². The normalized spacial score (nSPS) is 15.1. The Balaban J connectivity index is 0.934. The number of fused-ring (bicyclic) bond motifs is 10. The number of para-hydroxylation sites is 1. The molecule has 0 radical (unpaired) electrons. The van der Waals surface area contributed by atoms with Crippen molar-refractivity contribution in [1.29, 1.82) is 0 Å². The molecule has 11 aromatic carbocycles. The van der Waals surface area contributed by atoms with Gasteiger partial charge in [-0.15, -0.1) is 0 Å². The van der Waals surface area contributed by atoms with Crippen LogP contribution in [-0.4, -0.2) is 6.04 Å². The van der Waals surface area contributed by atoms with Gasteiger partial charge in [-0.25, -0.2) is 0 Å². The van der Waals surface area contributed by atoms with E-state index >= 15 is 0 Å². The van der Waals surface area contributed by atoms with Crippen LogP contribution in [0.15, 0.2) is 255 Å². The summed E-state index contributed by atoms with van der Waals surface area (Å²) in [7, 11) is 0. The quantitative estimate of drug-likeness (QED) is 0.148. The zero-order valence-corrected chi connectivity index (χ0v) is 36.3. The predicted octanol–water partition coefficient (Wildman–Crippen LogP) is 17.5. The highest BCUT2D eigenvalue weighted by Crippen LogP contribution is 2.50. The van der Waals surface area contributed by atoms with E-state index in [4.69, 9.17) is 0 Å². The van der Waals surface area contributed by atoms with E-state index in [1.165, 1.54) is 93.4 Å². The van der Waals surface area contributed by atoms with Crippen molar-refractivity contribution in [3.63, 3.8) is 0 Å². The Morgan fingerprint density at radius 3 is 1.45 bits per heavy atom. The molecule has 0 amide bonds. The van der Waals surface area contributed by atoms with Crippen molar-refractivity contribution >= 4 is 71.5 Å². The molecule has 0 fully saturated rings. The highest BCUT2D eigenvalue weighted by atomic mass is 15.2. The standard InChI is InChI=1S/C64H44N2/c1-2-16-43(17-3-1)49-18-4-5-19-50(49)44-30-34-46(35-31-44)65(48-38-39-57-55-23-7-6-21-53(55)54-22-8-9-24-56(54)61(57)42-48)47-36-32-45(33-37-47)51-40-41-64(58-25-11-10-20-52(51)58)66-62-28-14-12-26-59(62)60-27-13-15-29-63(60)66/h1-42,59,62H. The molecular formula is C64H44N2. The van der Waals surface area contributed by atoms with Crippen LogP contribution in [0.2, 0.25) is 0 Å². The minimum Gasteiger partial charge on any atom is -0.333 e. The largest absolute Gasteiger partial charge is 0.333 e. The first-order chi connectivity index (χ1) is 32.8. The SMILES string of the molecule is C1=CC2c3ccccc3N(c3ccc(-c4ccc(N(c5ccc(-c6ccccc6-c6ccccc6)cc5)c5ccc6c7ccccc7c7ccccc7c6c5)cc4)c4ccccc34)C2C=C1. The molecule has 66 heavy (non-hydrogen) atoms. The first kappa shape index (κ1) is 38.0. The van der Waals surface area contributed by atoms with Gasteiger partial charge >= 0.3 is 0 Å². The van der Waals surface area contributed by atoms with Crippen LogP contribution in [0.25, 0.3) is 76.5 Å². The van der Waals surface area contributed by atoms with Gasteiger partial charge in [-0.1, -0.05) is 206 Å². The van der Waals surface area contributed by atoms with Crippen LogP contribution in [0.5, 0.6) is 0 Å². The lowest BCUT2D eigenvalue weighted by Crippen LogP contribution is -2.28. The highest BCUT2D eigenvalue weighted by molar-refractivity contribution is 6.25. The Hall–Kier alpha value is -8.46. The van der Waals surface area contributed by atoms with E-state index in [0.29, 0.717) is 5.92 Å². The lowest BCUT2D eigenvalue weighted by atomic mass is 9.91. The van der Waals surface area contributed by atoms with Crippen molar-refractivity contribution < 1.29 is 0 Å². The first-order valence-electron chi connectivity index (χ1n) is 23.0. The molecule has 2 heteroatoms. The number of allylic oxidation sites excluding steroid dienone is 2. The van der Waals surface area contributed by atoms with Gasteiger partial charge in [0.05, 0.1) is 6.04 Å². The number of hydrogen-bond donors (Lipinski definition) is 0. The summed E-state index contributed by atoms with van der Waals surface area (Å²) in [4.78, 5) is 4.96. The van der Waals surface area contributed by atoms with Crippen molar-refractivity contribution in [3.05, 3.63) is 260 Å². The average molecular weight is 841 g/mol. The fourth-order valence-electron chi connectivity index (χ4n) is 11.0. The summed E-state index contributed by atoms with van der Waals surface area (Å²) < 4.78 is 0. The maximum absolute atomic E-state index is 2.55. The van der Waals surface area contributed by atoms with E-state index in [2.05, 4.69) is 265 Å². The monoisotopic (exact) mass is 840 g/mol. The number of nitrogens with zero attached hydrogens (tertiary/aromatic N) is 2. The van der Waals surface area contributed by atoms with Gasteiger partial charge < -0.3 is 9.80 Å². The van der Waals surface area contributed by atoms with Crippen LogP contribution in [-0.2, 0) is 0 Å². The van der Waals surface area contributed by atoms with Crippen molar-refractivity contribution in [3.8, 4) is 33.4 Å². The second-order valence-electron chi connectivity index (χ2n) is 17.6. The Morgan fingerprint density at radius 1 is 0.303 bits per heavy atom. The Morgan fingerprint density at radius 2 is 0.788 bits per heavy atom. The van der Waals surface area contributed by atoms with E-state index in [1.807, 2.05) is 0 Å². The summed E-state index contributed by atoms with van der Waals surface area (Å²) in [6.07, 6.45) is 9.10. The van der Waals surface area contributed by atoms with Crippen LogP contribution in [0.1, 0.15) is 11.5 Å². The fraction of sp³-hybridized carbons (Fsp3) is 0.0312. The molecule has 2 unspecified atom stereocenters. The van der Waals surface area contributed by atoms with Gasteiger partial charge in [0.15, 0.2) is 0 Å². The van der Waals surface area contributed by atoms with Gasteiger partial charge in [0, 0.05) is 39.7 Å². The zero-order chi connectivity index (χ0) is 43.6. The van der Waals surface area contributed by atoms with Gasteiger partial charge in [0.2, 0.25) is 0 Å². The first-order valence-corrected chi connectivity index (χ1v) is 23.0. The van der Waals surface area contributed by atoms with Gasteiger partial charge in [0.25, 0.3) is 0 Å². The molecule has 310 valence electrons. The highest BCUT2D eigenvalue weighted by Gasteiger charge is 2.37. The van der Waals surface area contributed by atoms with Crippen molar-refractivity contribution in [1.82, 2.24) is 0 Å². The Labute approximate surface area is 385 Å². The van der Waals surface area contributed by atoms with E-state index < -0.39 is 0 Å². The number of hydrogen-bond acceptors (Lipinski definition) is 2. The number of rotatable bonds is 7. The molecule has 0 N–H and O–H groups in total. The predicted molar refractivity (Wildman–Crippen MR) is 281 cm³/mol. The van der Waals surface area contributed by atoms with E-state index in [-0.39, 0.29) is 6.04 Å². The van der Waals surface area contributed by atoms with Crippen molar-refractivity contribution in [2.75, 3.05) is 9.80 Å². The summed E-state index contributed by atoms with van der Waals surface area (Å²) in [6.45, 7) is 0. The summed E-state index contributed by atoms with van der Waals surface area (Å²) in [6, 6.07) is 85.0. The molecule has 2 aliphatic rings. The molecule has 2 nitrogen and oxygen atoms in total. The molecule has 11 aromatic rings. The van der Waals surface area contributed by atoms with Crippen molar-refractivity contribution in [2.45, 2.75) is 12.0 Å².